The van der Waals surface area contributed by atoms with Crippen molar-refractivity contribution in [1.82, 2.24) is 25.2 Å². The Morgan fingerprint density at radius 3 is 2.31 bits per heavy atom. The maximum atomic E-state index is 13.7. The molecule has 2 aromatic carbocycles. The summed E-state index contributed by atoms with van der Waals surface area (Å²) >= 11 is 0. The number of hydrogen-bond donors (Lipinski definition) is 4. The second kappa shape index (κ2) is 16.1. The number of carbonyl (C=O) groups is 3. The number of rotatable bonds is 14. The molecule has 1 unspecified atom stereocenters. The Morgan fingerprint density at radius 1 is 1.00 bits per heavy atom. The number of nitrogens with zero attached hydrogens (tertiary/aromatic N) is 4. The lowest BCUT2D eigenvalue weighted by Gasteiger charge is -2.35. The van der Waals surface area contributed by atoms with Gasteiger partial charge in [-0.1, -0.05) is 74.0 Å². The van der Waals surface area contributed by atoms with Crippen molar-refractivity contribution in [3.63, 3.8) is 0 Å². The van der Waals surface area contributed by atoms with Gasteiger partial charge in [0.2, 0.25) is 5.91 Å². The third-order valence-corrected chi connectivity index (χ3v) is 8.28. The first-order valence-electron chi connectivity index (χ1n) is 14.6. The largest absolute Gasteiger partial charge is 0.525 e. The Bertz CT molecular complexity index is 1490. The molecule has 240 valence electrons. The average Bonchev–Trinajstić information content (AvgIpc) is 3.04. The smallest absolute Gasteiger partial charge is 0.448 e. The van der Waals surface area contributed by atoms with E-state index >= 15 is 0 Å². The van der Waals surface area contributed by atoms with Gasteiger partial charge in [0, 0.05) is 31.3 Å². The number of benzene rings is 2. The zero-order valence-electron chi connectivity index (χ0n) is 24.9. The summed E-state index contributed by atoms with van der Waals surface area (Å²) in [5, 5.41) is 15.9. The van der Waals surface area contributed by atoms with Gasteiger partial charge >= 0.3 is 13.8 Å². The van der Waals surface area contributed by atoms with Crippen LogP contribution in [0.1, 0.15) is 35.8 Å². The number of amides is 2. The molecule has 14 nitrogen and oxygen atoms in total. The van der Waals surface area contributed by atoms with Gasteiger partial charge in [0.1, 0.15) is 17.6 Å². The van der Waals surface area contributed by atoms with Crippen molar-refractivity contribution in [3.05, 3.63) is 78.0 Å². The quantitative estimate of drug-likeness (QED) is 0.149. The zero-order chi connectivity index (χ0) is 32.2. The summed E-state index contributed by atoms with van der Waals surface area (Å²) in [6.07, 6.45) is -0.853. The van der Waals surface area contributed by atoms with E-state index in [4.69, 9.17) is 9.63 Å². The Labute approximate surface area is 260 Å². The van der Waals surface area contributed by atoms with Crippen LogP contribution in [0.15, 0.2) is 66.7 Å². The highest BCUT2D eigenvalue weighted by atomic mass is 31.2. The number of carbonyl (C=O) groups excluding carboxylic acids is 2. The van der Waals surface area contributed by atoms with Gasteiger partial charge in [0.15, 0.2) is 5.82 Å². The fraction of sp³-hybridized carbons (Fsp3) is 0.367. The van der Waals surface area contributed by atoms with Gasteiger partial charge in [0.25, 0.3) is 5.91 Å². The minimum Gasteiger partial charge on any atom is -0.448 e. The van der Waals surface area contributed by atoms with Crippen LogP contribution in [0.3, 0.4) is 0 Å². The Morgan fingerprint density at radius 2 is 1.67 bits per heavy atom. The van der Waals surface area contributed by atoms with E-state index in [1.54, 1.807) is 12.1 Å². The summed E-state index contributed by atoms with van der Waals surface area (Å²) in [4.78, 5) is 63.8. The molecule has 1 saturated heterocycles. The Balaban J connectivity index is 1.58. The van der Waals surface area contributed by atoms with Crippen LogP contribution in [0.2, 0.25) is 0 Å². The van der Waals surface area contributed by atoms with Gasteiger partial charge in [-0.05, 0) is 12.0 Å². The summed E-state index contributed by atoms with van der Waals surface area (Å²) in [7, 11) is -4.29. The zero-order valence-corrected chi connectivity index (χ0v) is 25.8. The van der Waals surface area contributed by atoms with Crippen molar-refractivity contribution in [3.8, 4) is 11.4 Å². The molecule has 1 aromatic heterocycles. The summed E-state index contributed by atoms with van der Waals surface area (Å²) in [5.74, 6) is -0.735. The maximum Gasteiger partial charge on any atom is 0.525 e. The van der Waals surface area contributed by atoms with Crippen LogP contribution in [-0.2, 0) is 25.3 Å². The van der Waals surface area contributed by atoms with Gasteiger partial charge in [-0.2, -0.15) is 0 Å². The molecule has 0 radical (unpaired) electrons. The van der Waals surface area contributed by atoms with Crippen LogP contribution in [0, 0.1) is 0 Å². The van der Waals surface area contributed by atoms with E-state index in [0.29, 0.717) is 24.3 Å². The lowest BCUT2D eigenvalue weighted by molar-refractivity contribution is -0.154. The average molecular weight is 641 g/mol. The molecule has 0 spiro atoms. The van der Waals surface area contributed by atoms with Crippen LogP contribution in [0.25, 0.3) is 11.4 Å². The van der Waals surface area contributed by atoms with E-state index < -0.39 is 37.8 Å². The molecule has 0 saturated carbocycles. The molecule has 0 aliphatic carbocycles. The highest BCUT2D eigenvalue weighted by Gasteiger charge is 2.36. The van der Waals surface area contributed by atoms with E-state index in [9.17, 15) is 23.8 Å². The van der Waals surface area contributed by atoms with Crippen LogP contribution in [0.4, 0.5) is 10.6 Å². The van der Waals surface area contributed by atoms with Crippen molar-refractivity contribution in [2.75, 3.05) is 44.3 Å². The highest BCUT2D eigenvalue weighted by Crippen LogP contribution is 2.43. The lowest BCUT2D eigenvalue weighted by Crippen LogP contribution is -2.56. The first-order chi connectivity index (χ1) is 21.6. The van der Waals surface area contributed by atoms with E-state index in [1.165, 1.54) is 16.0 Å². The minimum absolute atomic E-state index is 0.0210. The monoisotopic (exact) mass is 640 g/mol. The van der Waals surface area contributed by atoms with Crippen LogP contribution < -0.4 is 10.6 Å². The van der Waals surface area contributed by atoms with Gasteiger partial charge in [0.05, 0.1) is 25.9 Å². The number of hydroxylamine groups is 2. The van der Waals surface area contributed by atoms with E-state index in [1.807, 2.05) is 55.5 Å². The van der Waals surface area contributed by atoms with Crippen molar-refractivity contribution < 1.29 is 38.3 Å². The maximum absolute atomic E-state index is 13.7. The Hall–Kier alpha value is -4.36. The Kier molecular flexibility index (Phi) is 12.0. The third-order valence-electron chi connectivity index (χ3n) is 6.87. The van der Waals surface area contributed by atoms with Crippen molar-refractivity contribution in [2.24, 2.45) is 0 Å². The number of anilines is 1. The van der Waals surface area contributed by atoms with E-state index in [2.05, 4.69) is 25.4 Å². The summed E-state index contributed by atoms with van der Waals surface area (Å²) in [6, 6.07) is 18.7. The van der Waals surface area contributed by atoms with Gasteiger partial charge in [-0.3, -0.25) is 14.2 Å². The molecule has 2 atom stereocenters. The molecule has 2 amide bonds. The minimum atomic E-state index is -4.29. The van der Waals surface area contributed by atoms with Gasteiger partial charge in [-0.15, -0.1) is 5.06 Å². The lowest BCUT2D eigenvalue weighted by atomic mass is 10.2. The first-order valence-corrected chi connectivity index (χ1v) is 16.3. The number of carboxylic acid groups (broad SMARTS) is 1. The van der Waals surface area contributed by atoms with Crippen molar-refractivity contribution in [2.45, 2.75) is 32.4 Å². The number of piperazine rings is 1. The van der Waals surface area contributed by atoms with Crippen LogP contribution >= 0.6 is 7.60 Å². The fourth-order valence-electron chi connectivity index (χ4n) is 4.54. The summed E-state index contributed by atoms with van der Waals surface area (Å²) in [5.41, 5.74) is 1.59. The second-order valence-electron chi connectivity index (χ2n) is 10.3. The normalized spacial score (nSPS) is 15.5. The SMILES string of the molecule is CCCCOP(=O)(O)C[C@H](NC(=O)c1cc(NCc2ccccc2)nc(-c2ccccc2)n1)C(=O)N1CCN(OC(=O)O)CC1. The molecule has 3 aromatic rings. The number of aromatic nitrogens is 2. The molecule has 1 aliphatic rings. The second-order valence-corrected chi connectivity index (χ2v) is 12.2. The first kappa shape index (κ1) is 33.5. The van der Waals surface area contributed by atoms with E-state index in [0.717, 1.165) is 12.0 Å². The van der Waals surface area contributed by atoms with Crippen molar-refractivity contribution >= 4 is 31.4 Å². The fourth-order valence-corrected chi connectivity index (χ4v) is 5.77. The number of nitrogens with one attached hydrogen (secondary N) is 2. The number of unbranched alkanes of at least 4 members (excludes halogenated alkanes) is 1. The highest BCUT2D eigenvalue weighted by molar-refractivity contribution is 7.52. The van der Waals surface area contributed by atoms with Crippen LogP contribution in [0.5, 0.6) is 0 Å². The summed E-state index contributed by atoms with van der Waals surface area (Å²) in [6.45, 7) is 2.67. The predicted octanol–water partition coefficient (Wildman–Crippen LogP) is 3.61. The van der Waals surface area contributed by atoms with Crippen molar-refractivity contribution in [1.29, 1.82) is 0 Å². The molecule has 4 N–H and O–H groups in total. The molecule has 1 fully saturated rings. The predicted molar refractivity (Wildman–Crippen MR) is 165 cm³/mol. The molecule has 2 heterocycles. The van der Waals surface area contributed by atoms with E-state index in [-0.39, 0.29) is 44.3 Å². The molecule has 15 heteroatoms. The molecular formula is C30H37N6O8P. The molecule has 4 rings (SSSR count). The van der Waals surface area contributed by atoms with Crippen LogP contribution in [-0.4, -0.2) is 92.9 Å². The standard InChI is InChI=1S/C30H37N6O8P/c1-2-3-18-43-45(41,42)21-25(29(38)35-14-16-36(17-15-35)44-30(39)40)33-28(37)24-19-26(31-20-22-10-6-4-7-11-22)34-27(32-24)23-12-8-5-9-13-23/h4-13,19,25H,2-3,14-18,20-21H2,1H3,(H,33,37)(H,39,40)(H,41,42)(H,31,32,34)/t25-/m0/s1. The van der Waals surface area contributed by atoms with Gasteiger partial charge in [-0.25, -0.2) is 14.8 Å². The third kappa shape index (κ3) is 10.4. The topological polar surface area (TPSA) is 184 Å². The van der Waals surface area contributed by atoms with Gasteiger partial charge < -0.3 is 34.9 Å². The molecular weight excluding hydrogens is 603 g/mol. The molecule has 1 aliphatic heterocycles. The molecule has 0 bridgehead atoms. The summed E-state index contributed by atoms with van der Waals surface area (Å²) < 4.78 is 18.2. The molecule has 45 heavy (non-hydrogen) atoms. The number of hydrogen-bond acceptors (Lipinski definition) is 10.